The molecule has 0 bridgehead atoms. The standard InChI is InChI=1S/C15H19FN4O3S/c1-20(6-7-22-2)10-11-9(14(23-3)18-12(10)16)17-15(24-11)19-13(21)8-4-5-8/h8H,4-7H2,1-3H3,(H,17,19,21). The second-order valence-electron chi connectivity index (χ2n) is 5.64. The first-order valence-corrected chi connectivity index (χ1v) is 8.41. The summed E-state index contributed by atoms with van der Waals surface area (Å²) in [6.07, 6.45) is 1.81. The maximum Gasteiger partial charge on any atom is 0.244 e. The van der Waals surface area contributed by atoms with Crippen molar-refractivity contribution in [3.63, 3.8) is 0 Å². The Labute approximate surface area is 142 Å². The number of anilines is 2. The zero-order chi connectivity index (χ0) is 17.3. The molecule has 1 saturated carbocycles. The smallest absolute Gasteiger partial charge is 0.244 e. The number of carbonyl (C=O) groups excluding carboxylic acids is 1. The minimum Gasteiger partial charge on any atom is -0.479 e. The summed E-state index contributed by atoms with van der Waals surface area (Å²) < 4.78 is 25.2. The number of rotatable bonds is 7. The van der Waals surface area contributed by atoms with Crippen molar-refractivity contribution < 1.29 is 18.7 Å². The van der Waals surface area contributed by atoms with E-state index < -0.39 is 5.95 Å². The molecule has 24 heavy (non-hydrogen) atoms. The van der Waals surface area contributed by atoms with Gasteiger partial charge in [-0.25, -0.2) is 4.98 Å². The number of halogens is 1. The third kappa shape index (κ3) is 3.27. The number of hydrogen-bond donors (Lipinski definition) is 1. The second kappa shape index (κ2) is 6.86. The van der Waals surface area contributed by atoms with Gasteiger partial charge in [0.2, 0.25) is 17.7 Å². The summed E-state index contributed by atoms with van der Waals surface area (Å²) in [5, 5.41) is 3.22. The molecule has 0 aromatic carbocycles. The summed E-state index contributed by atoms with van der Waals surface area (Å²) in [5.41, 5.74) is 0.765. The zero-order valence-corrected chi connectivity index (χ0v) is 14.6. The fraction of sp³-hybridized carbons (Fsp3) is 0.533. The first-order chi connectivity index (χ1) is 11.5. The summed E-state index contributed by atoms with van der Waals surface area (Å²) in [7, 11) is 4.76. The van der Waals surface area contributed by atoms with Crippen LogP contribution in [0.15, 0.2) is 0 Å². The molecule has 0 spiro atoms. The highest BCUT2D eigenvalue weighted by molar-refractivity contribution is 7.23. The van der Waals surface area contributed by atoms with Crippen LogP contribution in [0.5, 0.6) is 5.88 Å². The molecule has 130 valence electrons. The number of hydrogen-bond acceptors (Lipinski definition) is 7. The molecule has 2 aromatic rings. The van der Waals surface area contributed by atoms with Crippen molar-refractivity contribution in [1.82, 2.24) is 9.97 Å². The number of fused-ring (bicyclic) bond motifs is 1. The molecule has 0 radical (unpaired) electrons. The monoisotopic (exact) mass is 354 g/mol. The number of thiazole rings is 1. The number of aromatic nitrogens is 2. The van der Waals surface area contributed by atoms with Crippen LogP contribution in [0.1, 0.15) is 12.8 Å². The van der Waals surface area contributed by atoms with E-state index in [0.717, 1.165) is 12.8 Å². The molecule has 2 aromatic heterocycles. The molecule has 9 heteroatoms. The number of likely N-dealkylation sites (N-methyl/N-ethyl adjacent to an activating group) is 1. The van der Waals surface area contributed by atoms with Crippen molar-refractivity contribution in [1.29, 1.82) is 0 Å². The Hall–Kier alpha value is -2.00. The van der Waals surface area contributed by atoms with Crippen LogP contribution in [0.25, 0.3) is 10.2 Å². The molecule has 1 N–H and O–H groups in total. The fourth-order valence-electron chi connectivity index (χ4n) is 2.33. The van der Waals surface area contributed by atoms with E-state index in [-0.39, 0.29) is 17.7 Å². The molecule has 2 heterocycles. The average molecular weight is 354 g/mol. The van der Waals surface area contributed by atoms with Crippen LogP contribution < -0.4 is 15.0 Å². The van der Waals surface area contributed by atoms with Gasteiger partial charge >= 0.3 is 0 Å². The minimum absolute atomic E-state index is 0.0456. The number of nitrogens with zero attached hydrogens (tertiary/aromatic N) is 3. The van der Waals surface area contributed by atoms with Gasteiger partial charge in [-0.1, -0.05) is 11.3 Å². The van der Waals surface area contributed by atoms with E-state index in [4.69, 9.17) is 9.47 Å². The SMILES string of the molecule is COCCN(C)c1c(F)nc(OC)c2nc(NC(=O)C3CC3)sc12. The molecular weight excluding hydrogens is 335 g/mol. The van der Waals surface area contributed by atoms with Gasteiger partial charge in [-0.15, -0.1) is 0 Å². The number of methoxy groups -OCH3 is 2. The molecular formula is C15H19FN4O3S. The van der Waals surface area contributed by atoms with Crippen molar-refractivity contribution in [3.05, 3.63) is 5.95 Å². The minimum atomic E-state index is -0.637. The maximum atomic E-state index is 14.5. The number of pyridine rings is 1. The van der Waals surface area contributed by atoms with Crippen LogP contribution in [0.2, 0.25) is 0 Å². The molecule has 0 atom stereocenters. The summed E-state index contributed by atoms with van der Waals surface area (Å²) in [6, 6.07) is 0. The van der Waals surface area contributed by atoms with Gasteiger partial charge in [0.05, 0.1) is 18.4 Å². The van der Waals surface area contributed by atoms with Crippen molar-refractivity contribution in [3.8, 4) is 5.88 Å². The molecule has 3 rings (SSSR count). The molecule has 1 aliphatic carbocycles. The topological polar surface area (TPSA) is 76.6 Å². The van der Waals surface area contributed by atoms with E-state index in [1.54, 1.807) is 19.1 Å². The molecule has 1 amide bonds. The molecule has 1 fully saturated rings. The summed E-state index contributed by atoms with van der Waals surface area (Å²) in [4.78, 5) is 21.9. The number of carbonyl (C=O) groups is 1. The highest BCUT2D eigenvalue weighted by Crippen LogP contribution is 2.40. The van der Waals surface area contributed by atoms with Crippen molar-refractivity contribution in [2.45, 2.75) is 12.8 Å². The zero-order valence-electron chi connectivity index (χ0n) is 13.8. The van der Waals surface area contributed by atoms with Gasteiger partial charge < -0.3 is 19.7 Å². The Balaban J connectivity index is 2.01. The number of amides is 1. The Morgan fingerprint density at radius 2 is 2.17 bits per heavy atom. The van der Waals surface area contributed by atoms with Gasteiger partial charge in [-0.05, 0) is 12.8 Å². The van der Waals surface area contributed by atoms with Gasteiger partial charge in [0.25, 0.3) is 0 Å². The van der Waals surface area contributed by atoms with Crippen LogP contribution in [0.4, 0.5) is 15.2 Å². The van der Waals surface area contributed by atoms with Crippen molar-refractivity contribution in [2.24, 2.45) is 5.92 Å². The van der Waals surface area contributed by atoms with E-state index >= 15 is 0 Å². The highest BCUT2D eigenvalue weighted by atomic mass is 32.1. The molecule has 0 aliphatic heterocycles. The molecule has 0 saturated heterocycles. The lowest BCUT2D eigenvalue weighted by Gasteiger charge is -2.19. The fourth-order valence-corrected chi connectivity index (χ4v) is 3.38. The normalized spacial score (nSPS) is 14.0. The summed E-state index contributed by atoms with van der Waals surface area (Å²) >= 11 is 1.22. The highest BCUT2D eigenvalue weighted by Gasteiger charge is 2.30. The van der Waals surface area contributed by atoms with E-state index in [9.17, 15) is 9.18 Å². The quantitative estimate of drug-likeness (QED) is 0.769. The van der Waals surface area contributed by atoms with Crippen molar-refractivity contribution >= 4 is 38.3 Å². The first-order valence-electron chi connectivity index (χ1n) is 7.60. The van der Waals surface area contributed by atoms with Crippen molar-refractivity contribution in [2.75, 3.05) is 44.6 Å². The van der Waals surface area contributed by atoms with Gasteiger partial charge in [-0.3, -0.25) is 4.79 Å². The molecule has 0 unspecified atom stereocenters. The third-order valence-electron chi connectivity index (χ3n) is 3.82. The van der Waals surface area contributed by atoms with Crippen LogP contribution in [0.3, 0.4) is 0 Å². The maximum absolute atomic E-state index is 14.5. The average Bonchev–Trinajstić information content (AvgIpc) is 3.33. The summed E-state index contributed by atoms with van der Waals surface area (Å²) in [5.74, 6) is -0.510. The Morgan fingerprint density at radius 3 is 2.79 bits per heavy atom. The van der Waals surface area contributed by atoms with Gasteiger partial charge in [0.1, 0.15) is 11.2 Å². The largest absolute Gasteiger partial charge is 0.479 e. The second-order valence-corrected chi connectivity index (χ2v) is 6.63. The van der Waals surface area contributed by atoms with E-state index in [2.05, 4.69) is 15.3 Å². The Bertz CT molecular complexity index is 763. The number of nitrogens with one attached hydrogen (secondary N) is 1. The van der Waals surface area contributed by atoms with E-state index in [1.807, 2.05) is 0 Å². The van der Waals surface area contributed by atoms with Crippen LogP contribution in [-0.2, 0) is 9.53 Å². The summed E-state index contributed by atoms with van der Waals surface area (Å²) in [6.45, 7) is 0.950. The molecule has 1 aliphatic rings. The first kappa shape index (κ1) is 16.8. The van der Waals surface area contributed by atoms with Gasteiger partial charge in [0.15, 0.2) is 5.13 Å². The van der Waals surface area contributed by atoms with Crippen LogP contribution in [0, 0.1) is 11.9 Å². The predicted octanol–water partition coefficient (Wildman–Crippen LogP) is 2.27. The van der Waals surface area contributed by atoms with E-state index in [0.29, 0.717) is 34.2 Å². The lowest BCUT2D eigenvalue weighted by molar-refractivity contribution is -0.117. The van der Waals surface area contributed by atoms with Gasteiger partial charge in [0, 0.05) is 26.6 Å². The van der Waals surface area contributed by atoms with E-state index in [1.165, 1.54) is 18.4 Å². The van der Waals surface area contributed by atoms with Crippen LogP contribution in [-0.4, -0.2) is 50.3 Å². The molecule has 7 nitrogen and oxygen atoms in total. The Morgan fingerprint density at radius 1 is 1.42 bits per heavy atom. The third-order valence-corrected chi connectivity index (χ3v) is 4.80. The van der Waals surface area contributed by atoms with Gasteiger partial charge in [-0.2, -0.15) is 9.37 Å². The van der Waals surface area contributed by atoms with Crippen LogP contribution >= 0.6 is 11.3 Å². The predicted molar refractivity (Wildman–Crippen MR) is 90.4 cm³/mol. The number of ether oxygens (including phenoxy) is 2. The lowest BCUT2D eigenvalue weighted by Crippen LogP contribution is -2.23. The lowest BCUT2D eigenvalue weighted by atomic mass is 10.3. The Kier molecular flexibility index (Phi) is 4.81.